The van der Waals surface area contributed by atoms with Gasteiger partial charge in [0.1, 0.15) is 5.82 Å². The lowest BCUT2D eigenvalue weighted by atomic mass is 10.3. The van der Waals surface area contributed by atoms with E-state index in [1.807, 2.05) is 16.8 Å². The van der Waals surface area contributed by atoms with Gasteiger partial charge < -0.3 is 10.6 Å². The molecular weight excluding hydrogens is 264 g/mol. The Morgan fingerprint density at radius 2 is 2.16 bits per heavy atom. The molecule has 2 heterocycles. The van der Waals surface area contributed by atoms with Gasteiger partial charge in [0.15, 0.2) is 0 Å². The van der Waals surface area contributed by atoms with E-state index >= 15 is 0 Å². The minimum absolute atomic E-state index is 0.167. The van der Waals surface area contributed by atoms with E-state index in [4.69, 9.17) is 17.3 Å². The molecule has 5 nitrogen and oxygen atoms in total. The molecule has 0 atom stereocenters. The number of aromatic nitrogens is 1. The van der Waals surface area contributed by atoms with E-state index in [0.717, 1.165) is 25.9 Å². The molecule has 104 valence electrons. The predicted molar refractivity (Wildman–Crippen MR) is 75.8 cm³/mol. The van der Waals surface area contributed by atoms with Crippen molar-refractivity contribution in [3.8, 4) is 0 Å². The third-order valence-corrected chi connectivity index (χ3v) is 3.57. The van der Waals surface area contributed by atoms with Gasteiger partial charge in [0, 0.05) is 19.6 Å². The summed E-state index contributed by atoms with van der Waals surface area (Å²) in [5.74, 6) is 0.610. The number of nitrogens with zero attached hydrogens (tertiary/aromatic N) is 3. The molecule has 0 unspecified atom stereocenters. The second-order valence-corrected chi connectivity index (χ2v) is 5.33. The SMILES string of the molecule is CN(CC(=O)N1CCCC1)Cc1nc(N)ccc1Cl. The number of hydrogen-bond acceptors (Lipinski definition) is 4. The number of carbonyl (C=O) groups is 1. The minimum Gasteiger partial charge on any atom is -0.384 e. The molecule has 1 saturated heterocycles. The number of rotatable bonds is 4. The first-order valence-electron chi connectivity index (χ1n) is 6.43. The van der Waals surface area contributed by atoms with E-state index in [0.29, 0.717) is 29.6 Å². The van der Waals surface area contributed by atoms with E-state index in [-0.39, 0.29) is 5.91 Å². The summed E-state index contributed by atoms with van der Waals surface area (Å²) in [5.41, 5.74) is 6.35. The van der Waals surface area contributed by atoms with Gasteiger partial charge in [0.2, 0.25) is 5.91 Å². The topological polar surface area (TPSA) is 62.5 Å². The predicted octanol–water partition coefficient (Wildman–Crippen LogP) is 1.37. The molecule has 1 amide bonds. The van der Waals surface area contributed by atoms with Crippen molar-refractivity contribution in [1.29, 1.82) is 0 Å². The fraction of sp³-hybridized carbons (Fsp3) is 0.538. The van der Waals surface area contributed by atoms with Crippen molar-refractivity contribution in [1.82, 2.24) is 14.8 Å². The van der Waals surface area contributed by atoms with Crippen LogP contribution in [-0.2, 0) is 11.3 Å². The first-order valence-corrected chi connectivity index (χ1v) is 6.81. The third kappa shape index (κ3) is 3.81. The van der Waals surface area contributed by atoms with Crippen molar-refractivity contribution in [3.05, 3.63) is 22.8 Å². The van der Waals surface area contributed by atoms with Crippen molar-refractivity contribution in [3.63, 3.8) is 0 Å². The fourth-order valence-corrected chi connectivity index (χ4v) is 2.39. The number of nitrogens with two attached hydrogens (primary N) is 1. The van der Waals surface area contributed by atoms with Crippen molar-refractivity contribution in [2.75, 3.05) is 32.4 Å². The Balaban J connectivity index is 1.91. The van der Waals surface area contributed by atoms with E-state index in [1.165, 1.54) is 0 Å². The van der Waals surface area contributed by atoms with E-state index in [9.17, 15) is 4.79 Å². The highest BCUT2D eigenvalue weighted by molar-refractivity contribution is 6.31. The van der Waals surface area contributed by atoms with Crippen LogP contribution in [0.15, 0.2) is 12.1 Å². The van der Waals surface area contributed by atoms with Gasteiger partial charge in [-0.05, 0) is 32.0 Å². The molecule has 1 aliphatic rings. The molecular formula is C13H19ClN4O. The molecule has 2 rings (SSSR count). The average molecular weight is 283 g/mol. The summed E-state index contributed by atoms with van der Waals surface area (Å²) < 4.78 is 0. The molecule has 0 aliphatic carbocycles. The summed E-state index contributed by atoms with van der Waals surface area (Å²) in [6.07, 6.45) is 2.22. The van der Waals surface area contributed by atoms with Gasteiger partial charge in [-0.3, -0.25) is 9.69 Å². The molecule has 1 aliphatic heterocycles. The molecule has 1 aromatic heterocycles. The number of hydrogen-bond donors (Lipinski definition) is 1. The monoisotopic (exact) mass is 282 g/mol. The van der Waals surface area contributed by atoms with Gasteiger partial charge in [-0.1, -0.05) is 11.6 Å². The molecule has 0 aromatic carbocycles. The number of likely N-dealkylation sites (tertiary alicyclic amines) is 1. The summed E-state index contributed by atoms with van der Waals surface area (Å²) in [7, 11) is 1.88. The largest absolute Gasteiger partial charge is 0.384 e. The number of amides is 1. The Labute approximate surface area is 118 Å². The Morgan fingerprint density at radius 1 is 1.47 bits per heavy atom. The van der Waals surface area contributed by atoms with E-state index < -0.39 is 0 Å². The fourth-order valence-electron chi connectivity index (χ4n) is 2.22. The number of likely N-dealkylation sites (N-methyl/N-ethyl adjacent to an activating group) is 1. The average Bonchev–Trinajstić information content (AvgIpc) is 2.87. The van der Waals surface area contributed by atoms with Crippen LogP contribution in [0.4, 0.5) is 5.82 Å². The van der Waals surface area contributed by atoms with Gasteiger partial charge in [-0.25, -0.2) is 4.98 Å². The van der Waals surface area contributed by atoms with Crippen LogP contribution in [0, 0.1) is 0 Å². The minimum atomic E-state index is 0.167. The molecule has 0 saturated carbocycles. The van der Waals surface area contributed by atoms with E-state index in [1.54, 1.807) is 12.1 Å². The van der Waals surface area contributed by atoms with Crippen LogP contribution in [0.3, 0.4) is 0 Å². The molecule has 2 N–H and O–H groups in total. The van der Waals surface area contributed by atoms with Crippen LogP contribution in [-0.4, -0.2) is 47.4 Å². The van der Waals surface area contributed by atoms with Crippen molar-refractivity contribution in [2.45, 2.75) is 19.4 Å². The first-order chi connectivity index (χ1) is 9.06. The van der Waals surface area contributed by atoms with Crippen molar-refractivity contribution >= 4 is 23.3 Å². The summed E-state index contributed by atoms with van der Waals surface area (Å²) in [5, 5.41) is 0.578. The number of pyridine rings is 1. The zero-order chi connectivity index (χ0) is 13.8. The second kappa shape index (κ2) is 6.21. The molecule has 1 fully saturated rings. The van der Waals surface area contributed by atoms with Crippen LogP contribution in [0.5, 0.6) is 0 Å². The summed E-state index contributed by atoms with van der Waals surface area (Å²) in [4.78, 5) is 20.0. The maximum Gasteiger partial charge on any atom is 0.236 e. The zero-order valence-corrected chi connectivity index (χ0v) is 11.9. The Kier molecular flexibility index (Phi) is 4.61. The molecule has 1 aromatic rings. The summed E-state index contributed by atoms with van der Waals surface area (Å²) >= 11 is 6.06. The normalized spacial score (nSPS) is 15.2. The lowest BCUT2D eigenvalue weighted by Crippen LogP contribution is -2.37. The molecule has 0 radical (unpaired) electrons. The van der Waals surface area contributed by atoms with Gasteiger partial charge in [0.25, 0.3) is 0 Å². The van der Waals surface area contributed by atoms with Gasteiger partial charge >= 0.3 is 0 Å². The number of carbonyl (C=O) groups excluding carboxylic acids is 1. The van der Waals surface area contributed by atoms with E-state index in [2.05, 4.69) is 4.98 Å². The highest BCUT2D eigenvalue weighted by Gasteiger charge is 2.19. The van der Waals surface area contributed by atoms with Crippen molar-refractivity contribution < 1.29 is 4.79 Å². The van der Waals surface area contributed by atoms with Crippen LogP contribution in [0.25, 0.3) is 0 Å². The molecule has 19 heavy (non-hydrogen) atoms. The molecule has 0 spiro atoms. The highest BCUT2D eigenvalue weighted by atomic mass is 35.5. The summed E-state index contributed by atoms with van der Waals surface area (Å²) in [6, 6.07) is 3.40. The van der Waals surface area contributed by atoms with Crippen LogP contribution in [0.1, 0.15) is 18.5 Å². The summed E-state index contributed by atoms with van der Waals surface area (Å²) in [6.45, 7) is 2.66. The maximum atomic E-state index is 12.0. The molecule has 0 bridgehead atoms. The number of anilines is 1. The Morgan fingerprint density at radius 3 is 2.84 bits per heavy atom. The third-order valence-electron chi connectivity index (χ3n) is 3.22. The quantitative estimate of drug-likeness (QED) is 0.906. The lowest BCUT2D eigenvalue weighted by molar-refractivity contribution is -0.131. The van der Waals surface area contributed by atoms with Crippen LogP contribution in [0.2, 0.25) is 5.02 Å². The van der Waals surface area contributed by atoms with Gasteiger partial charge in [0.05, 0.1) is 17.3 Å². The lowest BCUT2D eigenvalue weighted by Gasteiger charge is -2.21. The maximum absolute atomic E-state index is 12.0. The van der Waals surface area contributed by atoms with Crippen LogP contribution < -0.4 is 5.73 Å². The van der Waals surface area contributed by atoms with Gasteiger partial charge in [-0.2, -0.15) is 0 Å². The molecule has 6 heteroatoms. The zero-order valence-electron chi connectivity index (χ0n) is 11.1. The highest BCUT2D eigenvalue weighted by Crippen LogP contribution is 2.17. The first kappa shape index (κ1) is 14.1. The number of halogens is 1. The van der Waals surface area contributed by atoms with Crippen LogP contribution >= 0.6 is 11.6 Å². The second-order valence-electron chi connectivity index (χ2n) is 4.92. The smallest absolute Gasteiger partial charge is 0.236 e. The van der Waals surface area contributed by atoms with Gasteiger partial charge in [-0.15, -0.1) is 0 Å². The number of nitrogen functional groups attached to an aromatic ring is 1. The van der Waals surface area contributed by atoms with Crippen molar-refractivity contribution in [2.24, 2.45) is 0 Å². The standard InChI is InChI=1S/C13H19ClN4O/c1-17(9-13(19)18-6-2-3-7-18)8-11-10(14)4-5-12(15)16-11/h4-5H,2-3,6-9H2,1H3,(H2,15,16). The Bertz CT molecular complexity index is 460. The Hall–Kier alpha value is -1.33.